The molecule has 2 N–H and O–H groups in total. The highest BCUT2D eigenvalue weighted by Gasteiger charge is 2.41. The van der Waals surface area contributed by atoms with Crippen LogP contribution in [-0.4, -0.2) is 34.9 Å². The van der Waals surface area contributed by atoms with Crippen molar-refractivity contribution < 1.29 is 9.90 Å². The first-order valence-corrected chi connectivity index (χ1v) is 3.18. The van der Waals surface area contributed by atoms with Gasteiger partial charge >= 0.3 is 6.03 Å². The molecular formula is C6H12N2O2. The number of carbonyl (C=O) groups is 1. The van der Waals surface area contributed by atoms with Gasteiger partial charge in [-0.3, -0.25) is 4.90 Å². The third-order valence-corrected chi connectivity index (χ3v) is 1.76. The maximum atomic E-state index is 10.9. The number of hydrogen-bond donors (Lipinski definition) is 2. The minimum absolute atomic E-state index is 0.225. The van der Waals surface area contributed by atoms with E-state index in [9.17, 15) is 9.90 Å². The molecule has 4 heteroatoms. The first kappa shape index (κ1) is 7.34. The number of aliphatic hydroxyl groups excluding tert-OH is 1. The zero-order chi connectivity index (χ0) is 7.94. The maximum Gasteiger partial charge on any atom is 0.319 e. The van der Waals surface area contributed by atoms with Gasteiger partial charge in [0.2, 0.25) is 0 Å². The van der Waals surface area contributed by atoms with Gasteiger partial charge < -0.3 is 10.4 Å². The van der Waals surface area contributed by atoms with Gasteiger partial charge in [0.05, 0.1) is 5.54 Å². The van der Waals surface area contributed by atoms with Crippen LogP contribution in [0.25, 0.3) is 0 Å². The minimum atomic E-state index is -0.722. The normalized spacial score (nSPS) is 30.6. The quantitative estimate of drug-likeness (QED) is 0.492. The monoisotopic (exact) mass is 144 g/mol. The first-order chi connectivity index (χ1) is 4.45. The summed E-state index contributed by atoms with van der Waals surface area (Å²) < 4.78 is 0. The predicted octanol–water partition coefficient (Wildman–Crippen LogP) is -0.262. The Labute approximate surface area is 59.8 Å². The first-order valence-electron chi connectivity index (χ1n) is 3.18. The van der Waals surface area contributed by atoms with Crippen LogP contribution >= 0.6 is 0 Å². The van der Waals surface area contributed by atoms with Crippen molar-refractivity contribution in [2.24, 2.45) is 0 Å². The lowest BCUT2D eigenvalue weighted by molar-refractivity contribution is 0.0278. The Balaban J connectivity index is 2.81. The number of amides is 2. The Morgan fingerprint density at radius 3 is 2.30 bits per heavy atom. The number of hydrogen-bond acceptors (Lipinski definition) is 2. The predicted molar refractivity (Wildman–Crippen MR) is 36.4 cm³/mol. The van der Waals surface area contributed by atoms with Crippen LogP contribution in [0.3, 0.4) is 0 Å². The highest BCUT2D eigenvalue weighted by molar-refractivity contribution is 5.77. The number of nitrogens with zero attached hydrogens (tertiary/aromatic N) is 1. The smallest absolute Gasteiger partial charge is 0.319 e. The Bertz CT molecular complexity index is 167. The summed E-state index contributed by atoms with van der Waals surface area (Å²) in [6, 6.07) is -0.225. The summed E-state index contributed by atoms with van der Waals surface area (Å²) in [4.78, 5) is 12.1. The molecule has 4 nitrogen and oxygen atoms in total. The van der Waals surface area contributed by atoms with Crippen LogP contribution in [0.5, 0.6) is 0 Å². The molecule has 1 aliphatic rings. The van der Waals surface area contributed by atoms with E-state index in [2.05, 4.69) is 5.32 Å². The van der Waals surface area contributed by atoms with Gasteiger partial charge in [-0.15, -0.1) is 0 Å². The van der Waals surface area contributed by atoms with Crippen LogP contribution in [0.1, 0.15) is 13.8 Å². The van der Waals surface area contributed by atoms with Gasteiger partial charge in [0.25, 0.3) is 0 Å². The SMILES string of the molecule is CN1C(=O)NC(C)(C)C1O. The average molecular weight is 144 g/mol. The van der Waals surface area contributed by atoms with E-state index >= 15 is 0 Å². The minimum Gasteiger partial charge on any atom is -0.371 e. The second-order valence-electron chi connectivity index (χ2n) is 3.14. The van der Waals surface area contributed by atoms with Gasteiger partial charge in [-0.25, -0.2) is 4.79 Å². The Hall–Kier alpha value is -0.770. The number of carbonyl (C=O) groups excluding carboxylic acids is 1. The molecule has 2 amide bonds. The Morgan fingerprint density at radius 1 is 1.70 bits per heavy atom. The Morgan fingerprint density at radius 2 is 2.20 bits per heavy atom. The van der Waals surface area contributed by atoms with Crippen molar-refractivity contribution in [2.45, 2.75) is 25.6 Å². The van der Waals surface area contributed by atoms with Gasteiger partial charge in [0.1, 0.15) is 0 Å². The molecule has 0 aromatic heterocycles. The summed E-state index contributed by atoms with van der Waals surface area (Å²) in [6.07, 6.45) is -0.722. The third kappa shape index (κ3) is 0.844. The van der Waals surface area contributed by atoms with E-state index in [1.165, 1.54) is 4.90 Å². The van der Waals surface area contributed by atoms with E-state index in [0.29, 0.717) is 0 Å². The summed E-state index contributed by atoms with van der Waals surface area (Å²) in [5.41, 5.74) is -0.522. The molecule has 1 fully saturated rings. The summed E-state index contributed by atoms with van der Waals surface area (Å²) in [5, 5.41) is 12.0. The molecule has 1 rings (SSSR count). The molecule has 0 aliphatic carbocycles. The molecule has 1 saturated heterocycles. The maximum absolute atomic E-state index is 10.9. The van der Waals surface area contributed by atoms with Gasteiger partial charge in [-0.1, -0.05) is 0 Å². The lowest BCUT2D eigenvalue weighted by Gasteiger charge is -2.22. The molecule has 58 valence electrons. The van der Waals surface area contributed by atoms with Crippen molar-refractivity contribution in [3.8, 4) is 0 Å². The average Bonchev–Trinajstić information content (AvgIpc) is 1.95. The van der Waals surface area contributed by atoms with E-state index in [-0.39, 0.29) is 6.03 Å². The number of nitrogens with one attached hydrogen (secondary N) is 1. The summed E-state index contributed by atoms with van der Waals surface area (Å²) in [5.74, 6) is 0. The van der Waals surface area contributed by atoms with E-state index in [1.807, 2.05) is 0 Å². The van der Waals surface area contributed by atoms with E-state index in [1.54, 1.807) is 20.9 Å². The highest BCUT2D eigenvalue weighted by Crippen LogP contribution is 2.18. The summed E-state index contributed by atoms with van der Waals surface area (Å²) in [7, 11) is 1.56. The fourth-order valence-electron chi connectivity index (χ4n) is 1.02. The lowest BCUT2D eigenvalue weighted by Crippen LogP contribution is -2.43. The standard InChI is InChI=1S/C6H12N2O2/c1-6(2)4(9)8(3)5(10)7-6/h4,9H,1-3H3,(H,7,10). The number of likely N-dealkylation sites (N-methyl/N-ethyl adjacent to an activating group) is 1. The molecule has 10 heavy (non-hydrogen) atoms. The molecule has 0 spiro atoms. The Kier molecular flexibility index (Phi) is 1.36. The van der Waals surface area contributed by atoms with Gasteiger partial charge in [0, 0.05) is 7.05 Å². The van der Waals surface area contributed by atoms with Crippen LogP contribution in [0, 0.1) is 0 Å². The second kappa shape index (κ2) is 1.85. The molecule has 0 aromatic carbocycles. The van der Waals surface area contributed by atoms with Crippen molar-refractivity contribution in [3.05, 3.63) is 0 Å². The van der Waals surface area contributed by atoms with Crippen molar-refractivity contribution in [1.82, 2.24) is 10.2 Å². The topological polar surface area (TPSA) is 52.6 Å². The fourth-order valence-corrected chi connectivity index (χ4v) is 1.02. The molecule has 1 heterocycles. The van der Waals surface area contributed by atoms with E-state index in [0.717, 1.165) is 0 Å². The van der Waals surface area contributed by atoms with Crippen molar-refractivity contribution in [2.75, 3.05) is 7.05 Å². The third-order valence-electron chi connectivity index (χ3n) is 1.76. The molecule has 1 aliphatic heterocycles. The lowest BCUT2D eigenvalue weighted by atomic mass is 10.1. The van der Waals surface area contributed by atoms with Crippen molar-refractivity contribution >= 4 is 6.03 Å². The summed E-state index contributed by atoms with van der Waals surface area (Å²) >= 11 is 0. The molecular weight excluding hydrogens is 132 g/mol. The van der Waals surface area contributed by atoms with E-state index in [4.69, 9.17) is 0 Å². The molecule has 0 saturated carbocycles. The van der Waals surface area contributed by atoms with Crippen LogP contribution in [0.15, 0.2) is 0 Å². The van der Waals surface area contributed by atoms with Gasteiger partial charge in [-0.2, -0.15) is 0 Å². The number of aliphatic hydroxyl groups is 1. The zero-order valence-electron chi connectivity index (χ0n) is 6.38. The zero-order valence-corrected chi connectivity index (χ0v) is 6.38. The molecule has 0 radical (unpaired) electrons. The summed E-state index contributed by atoms with van der Waals surface area (Å²) in [6.45, 7) is 3.55. The van der Waals surface area contributed by atoms with Gasteiger partial charge in [-0.05, 0) is 13.8 Å². The van der Waals surface area contributed by atoms with Crippen LogP contribution in [0.4, 0.5) is 4.79 Å². The van der Waals surface area contributed by atoms with E-state index < -0.39 is 11.8 Å². The second-order valence-corrected chi connectivity index (χ2v) is 3.14. The molecule has 0 aromatic rings. The number of urea groups is 1. The van der Waals surface area contributed by atoms with Crippen molar-refractivity contribution in [3.63, 3.8) is 0 Å². The molecule has 1 atom stereocenters. The van der Waals surface area contributed by atoms with Crippen LogP contribution in [-0.2, 0) is 0 Å². The van der Waals surface area contributed by atoms with Crippen LogP contribution < -0.4 is 5.32 Å². The van der Waals surface area contributed by atoms with Gasteiger partial charge in [0.15, 0.2) is 6.23 Å². The largest absolute Gasteiger partial charge is 0.371 e. The molecule has 1 unspecified atom stereocenters. The molecule has 0 bridgehead atoms. The fraction of sp³-hybridized carbons (Fsp3) is 0.833. The highest BCUT2D eigenvalue weighted by atomic mass is 16.3. The van der Waals surface area contributed by atoms with Crippen LogP contribution in [0.2, 0.25) is 0 Å². The number of rotatable bonds is 0. The van der Waals surface area contributed by atoms with Crippen molar-refractivity contribution in [1.29, 1.82) is 0 Å².